The largest absolute Gasteiger partial charge is 0.462 e. The first-order valence-corrected chi connectivity index (χ1v) is 12.9. The minimum atomic E-state index is -0.859. The molecule has 3 fully saturated rings. The summed E-state index contributed by atoms with van der Waals surface area (Å²) in [5, 5.41) is 4.40. The average Bonchev–Trinajstić information content (AvgIpc) is 3.31. The Balaban J connectivity index is 1.42. The zero-order valence-electron chi connectivity index (χ0n) is 18.6. The van der Waals surface area contributed by atoms with Gasteiger partial charge in [0.15, 0.2) is 11.6 Å². The number of alkyl halides is 1. The van der Waals surface area contributed by atoms with E-state index in [0.29, 0.717) is 49.2 Å². The molecular weight excluding hydrogens is 534 g/mol. The Morgan fingerprint density at radius 3 is 3.09 bits per heavy atom. The van der Waals surface area contributed by atoms with Gasteiger partial charge in [-0.1, -0.05) is 11.6 Å². The van der Waals surface area contributed by atoms with Crippen LogP contribution < -0.4 is 20.6 Å². The second-order valence-corrected chi connectivity index (χ2v) is 10.7. The van der Waals surface area contributed by atoms with E-state index < -0.39 is 12.0 Å². The van der Waals surface area contributed by atoms with Gasteiger partial charge >= 0.3 is 5.95 Å². The summed E-state index contributed by atoms with van der Waals surface area (Å²) in [4.78, 5) is 8.66. The number of fused-ring (bicyclic) bond motifs is 1. The van der Waals surface area contributed by atoms with Gasteiger partial charge in [0.1, 0.15) is 25.3 Å². The van der Waals surface area contributed by atoms with Crippen molar-refractivity contribution in [3.05, 3.63) is 38.0 Å². The van der Waals surface area contributed by atoms with Crippen molar-refractivity contribution in [1.29, 1.82) is 0 Å². The molecule has 3 saturated heterocycles. The fourth-order valence-electron chi connectivity index (χ4n) is 5.85. The molecule has 0 radical (unpaired) electrons. The lowest BCUT2D eigenvalue weighted by Gasteiger charge is -2.35. The summed E-state index contributed by atoms with van der Waals surface area (Å²) in [7, 11) is 0. The van der Waals surface area contributed by atoms with Gasteiger partial charge in [0, 0.05) is 19.6 Å². The number of hydrogen-bond acceptors (Lipinski definition) is 7. The smallest absolute Gasteiger partial charge is 0.302 e. The first kappa shape index (κ1) is 22.8. The molecule has 11 heteroatoms. The third-order valence-electron chi connectivity index (χ3n) is 7.46. The number of halogens is 4. The van der Waals surface area contributed by atoms with E-state index in [4.69, 9.17) is 25.8 Å². The third kappa shape index (κ3) is 3.68. The van der Waals surface area contributed by atoms with E-state index in [0.717, 1.165) is 32.2 Å². The van der Waals surface area contributed by atoms with Crippen molar-refractivity contribution in [2.24, 2.45) is 4.99 Å². The van der Waals surface area contributed by atoms with Crippen LogP contribution in [-0.4, -0.2) is 67.1 Å². The quantitative estimate of drug-likeness (QED) is 0.573. The van der Waals surface area contributed by atoms with Gasteiger partial charge in [0.25, 0.3) is 0 Å². The minimum absolute atomic E-state index is 0.00160. The number of rotatable bonds is 4. The van der Waals surface area contributed by atoms with E-state index in [1.165, 1.54) is 0 Å². The monoisotopic (exact) mass is 558 g/mol. The zero-order chi connectivity index (χ0) is 23.4. The number of nitrogens with one attached hydrogen (secondary N) is 1. The lowest BCUT2D eigenvalue weighted by Crippen LogP contribution is -2.48. The van der Waals surface area contributed by atoms with Crippen molar-refractivity contribution in [2.75, 3.05) is 39.6 Å². The van der Waals surface area contributed by atoms with Crippen molar-refractivity contribution in [3.63, 3.8) is 0 Å². The predicted molar refractivity (Wildman–Crippen MR) is 125 cm³/mol. The third-order valence-corrected chi connectivity index (χ3v) is 8.80. The van der Waals surface area contributed by atoms with Crippen LogP contribution in [-0.2, 0) is 9.47 Å². The highest BCUT2D eigenvalue weighted by Crippen LogP contribution is 2.41. The van der Waals surface area contributed by atoms with Gasteiger partial charge in [0.05, 0.1) is 44.5 Å². The molecule has 1 aromatic carbocycles. The summed E-state index contributed by atoms with van der Waals surface area (Å²) in [6, 6.07) is 0.00341. The van der Waals surface area contributed by atoms with Crippen molar-refractivity contribution in [3.8, 4) is 5.75 Å². The molecule has 5 aliphatic rings. The van der Waals surface area contributed by atoms with Crippen LogP contribution in [0, 0.1) is 5.82 Å². The van der Waals surface area contributed by atoms with E-state index in [1.807, 2.05) is 4.90 Å². The zero-order valence-corrected chi connectivity index (χ0v) is 20.9. The van der Waals surface area contributed by atoms with Gasteiger partial charge < -0.3 is 24.4 Å². The molecule has 0 aliphatic carbocycles. The fraction of sp³-hybridized carbons (Fsp3) is 0.609. The Morgan fingerprint density at radius 1 is 1.38 bits per heavy atom. The molecule has 1 N–H and O–H groups in total. The standard InChI is InChI=1S/C23H26BrClF2N4O3/c24-17-18(25)20-16-21(19(17)27)34-15(33-11-23-4-2-5-30(23)8-13(26)7-23)9-31(22(16)29-12-28-20)14-3-1-6-32-10-14/h9,13-14,29H,1-8,10-12H2/t13-,14?,23+/m1/s1. The normalized spacial score (nSPS) is 30.5. The van der Waals surface area contributed by atoms with Gasteiger partial charge in [-0.2, -0.15) is 0 Å². The SMILES string of the molecule is Fc1c(Br)c(Cl)c2c3c1OC(OC[C@@]14CCCN1C[C@H](F)C4)=CN(C1CCCOC1)C=3NCN=2. The molecule has 1 unspecified atom stereocenters. The molecular formula is C23H26BrClF2N4O3. The van der Waals surface area contributed by atoms with Crippen LogP contribution in [0.5, 0.6) is 5.75 Å². The molecule has 7 nitrogen and oxygen atoms in total. The van der Waals surface area contributed by atoms with Crippen LogP contribution in [0.4, 0.5) is 8.78 Å². The van der Waals surface area contributed by atoms with E-state index >= 15 is 4.39 Å². The summed E-state index contributed by atoms with van der Waals surface area (Å²) in [6.07, 6.45) is 5.03. The molecule has 0 amide bonds. The Hall–Kier alpha value is -1.62. The highest BCUT2D eigenvalue weighted by atomic mass is 79.9. The van der Waals surface area contributed by atoms with Crippen LogP contribution in [0.15, 0.2) is 21.6 Å². The fourth-order valence-corrected chi connectivity index (χ4v) is 6.46. The molecule has 6 rings (SSSR count). The Labute approximate surface area is 209 Å². The number of hydrogen-bond donors (Lipinski definition) is 1. The van der Waals surface area contributed by atoms with Gasteiger partial charge in [-0.15, -0.1) is 0 Å². The molecule has 0 bridgehead atoms. The van der Waals surface area contributed by atoms with Crippen molar-refractivity contribution >= 4 is 33.4 Å². The Bertz CT molecular complexity index is 1160. The maximum Gasteiger partial charge on any atom is 0.302 e. The van der Waals surface area contributed by atoms with Crippen LogP contribution in [0.25, 0.3) is 5.82 Å². The summed E-state index contributed by atoms with van der Waals surface area (Å²) in [5.74, 6) is 0.195. The van der Waals surface area contributed by atoms with Crippen LogP contribution in [0.2, 0.25) is 5.02 Å². The van der Waals surface area contributed by atoms with Crippen LogP contribution in [0.3, 0.4) is 0 Å². The van der Waals surface area contributed by atoms with Crippen molar-refractivity contribution < 1.29 is 23.0 Å². The van der Waals surface area contributed by atoms with Crippen LogP contribution >= 0.6 is 27.5 Å². The second-order valence-electron chi connectivity index (χ2n) is 9.53. The summed E-state index contributed by atoms with van der Waals surface area (Å²) < 4.78 is 47.9. The average molecular weight is 560 g/mol. The number of nitrogens with zero attached hydrogens (tertiary/aromatic N) is 3. The van der Waals surface area contributed by atoms with E-state index in [-0.39, 0.29) is 39.4 Å². The predicted octanol–water partition coefficient (Wildman–Crippen LogP) is 2.75. The topological polar surface area (TPSA) is 58.6 Å². The molecule has 0 spiro atoms. The van der Waals surface area contributed by atoms with Gasteiger partial charge in [-0.3, -0.25) is 9.89 Å². The van der Waals surface area contributed by atoms with E-state index in [2.05, 4.69) is 31.1 Å². The van der Waals surface area contributed by atoms with Gasteiger partial charge in [-0.05, 0) is 48.2 Å². The second kappa shape index (κ2) is 8.80. The summed E-state index contributed by atoms with van der Waals surface area (Å²) >= 11 is 9.72. The first-order valence-electron chi connectivity index (χ1n) is 11.7. The maximum atomic E-state index is 15.5. The highest BCUT2D eigenvalue weighted by molar-refractivity contribution is 9.10. The Kier molecular flexibility index (Phi) is 5.90. The number of ether oxygens (including phenoxy) is 3. The van der Waals surface area contributed by atoms with E-state index in [9.17, 15) is 4.39 Å². The Morgan fingerprint density at radius 2 is 2.26 bits per heavy atom. The number of benzene rings is 1. The van der Waals surface area contributed by atoms with Gasteiger partial charge in [0.2, 0.25) is 0 Å². The lowest BCUT2D eigenvalue weighted by molar-refractivity contribution is 0.0201. The maximum absolute atomic E-state index is 15.5. The molecule has 5 heterocycles. The molecule has 3 atom stereocenters. The van der Waals surface area contributed by atoms with Crippen molar-refractivity contribution in [2.45, 2.75) is 49.9 Å². The molecule has 184 valence electrons. The molecule has 0 aromatic heterocycles. The first-order chi connectivity index (χ1) is 16.5. The van der Waals surface area contributed by atoms with E-state index in [1.54, 1.807) is 6.20 Å². The summed E-state index contributed by atoms with van der Waals surface area (Å²) in [5.41, 5.74) is -0.351. The highest BCUT2D eigenvalue weighted by Gasteiger charge is 2.49. The van der Waals surface area contributed by atoms with Crippen LogP contribution in [0.1, 0.15) is 32.1 Å². The van der Waals surface area contributed by atoms with Crippen molar-refractivity contribution in [1.82, 2.24) is 15.1 Å². The summed E-state index contributed by atoms with van der Waals surface area (Å²) in [6.45, 7) is 3.10. The molecule has 1 aromatic rings. The minimum Gasteiger partial charge on any atom is -0.462 e. The molecule has 34 heavy (non-hydrogen) atoms. The lowest BCUT2D eigenvalue weighted by atomic mass is 9.95. The molecule has 5 aliphatic heterocycles. The van der Waals surface area contributed by atoms with Gasteiger partial charge in [-0.25, -0.2) is 8.78 Å². The molecule has 0 saturated carbocycles.